The fourth-order valence-corrected chi connectivity index (χ4v) is 3.68. The van der Waals surface area contributed by atoms with Crippen molar-refractivity contribution in [1.29, 1.82) is 0 Å². The second-order valence-electron chi connectivity index (χ2n) is 7.78. The molecule has 1 aliphatic heterocycles. The molecular weight excluding hydrogens is 373 g/mol. The Labute approximate surface area is 170 Å². The maximum Gasteiger partial charge on any atom is 0.339 e. The number of carbonyl (C=O) groups excluding carboxylic acids is 1. The van der Waals surface area contributed by atoms with E-state index in [1.165, 1.54) is 12.1 Å². The number of benzene rings is 1. The van der Waals surface area contributed by atoms with Gasteiger partial charge in [-0.3, -0.25) is 4.79 Å². The van der Waals surface area contributed by atoms with Gasteiger partial charge in [-0.15, -0.1) is 0 Å². The summed E-state index contributed by atoms with van der Waals surface area (Å²) in [7, 11) is 0. The molecule has 1 aliphatic rings. The molecule has 0 saturated carbocycles. The Morgan fingerprint density at radius 2 is 1.93 bits per heavy atom. The largest absolute Gasteiger partial charge is 0.478 e. The summed E-state index contributed by atoms with van der Waals surface area (Å²) in [6.07, 6.45) is 0.263. The van der Waals surface area contributed by atoms with Crippen LogP contribution in [0.5, 0.6) is 0 Å². The monoisotopic (exact) mass is 399 g/mol. The van der Waals surface area contributed by atoms with Crippen LogP contribution in [0.3, 0.4) is 0 Å². The highest BCUT2D eigenvalue weighted by atomic mass is 19.1. The number of hydrogen-bond donors (Lipinski definition) is 1. The van der Waals surface area contributed by atoms with Crippen LogP contribution in [0.4, 0.5) is 10.2 Å². The fourth-order valence-electron chi connectivity index (χ4n) is 3.68. The second-order valence-corrected chi connectivity index (χ2v) is 7.78. The predicted molar refractivity (Wildman–Crippen MR) is 108 cm³/mol. The third-order valence-electron chi connectivity index (χ3n) is 5.30. The van der Waals surface area contributed by atoms with E-state index in [4.69, 9.17) is 0 Å². The van der Waals surface area contributed by atoms with Gasteiger partial charge < -0.3 is 14.9 Å². The lowest BCUT2D eigenvalue weighted by atomic mass is 10.0. The van der Waals surface area contributed by atoms with Crippen molar-refractivity contribution in [3.63, 3.8) is 0 Å². The molecule has 2 heterocycles. The van der Waals surface area contributed by atoms with Crippen LogP contribution in [0, 0.1) is 18.7 Å². The van der Waals surface area contributed by atoms with Gasteiger partial charge in [0.2, 0.25) is 5.91 Å². The summed E-state index contributed by atoms with van der Waals surface area (Å²) in [6.45, 7) is 7.18. The smallest absolute Gasteiger partial charge is 0.339 e. The van der Waals surface area contributed by atoms with Crippen molar-refractivity contribution in [3.05, 3.63) is 59.0 Å². The number of hydrogen-bond acceptors (Lipinski definition) is 4. The SMILES string of the molecule is Cc1ccc(C(=O)O)c(N2CCC(=O)N(Cc3ccc(F)cc3)[C@H](C(C)C)C2)n1. The number of halogens is 1. The zero-order valence-corrected chi connectivity index (χ0v) is 16.9. The van der Waals surface area contributed by atoms with E-state index in [1.807, 2.05) is 30.6 Å². The Morgan fingerprint density at radius 1 is 1.24 bits per heavy atom. The summed E-state index contributed by atoms with van der Waals surface area (Å²) >= 11 is 0. The highest BCUT2D eigenvalue weighted by molar-refractivity contribution is 5.93. The maximum atomic E-state index is 13.2. The van der Waals surface area contributed by atoms with Gasteiger partial charge >= 0.3 is 5.97 Å². The van der Waals surface area contributed by atoms with Crippen molar-refractivity contribution in [2.45, 2.75) is 39.8 Å². The lowest BCUT2D eigenvalue weighted by Crippen LogP contribution is -2.46. The summed E-state index contributed by atoms with van der Waals surface area (Å²) in [5, 5.41) is 9.58. The molecule has 29 heavy (non-hydrogen) atoms. The number of rotatable bonds is 5. The van der Waals surface area contributed by atoms with Gasteiger partial charge in [0.25, 0.3) is 0 Å². The molecule has 1 atom stereocenters. The molecule has 1 aromatic carbocycles. The molecule has 1 aromatic heterocycles. The van der Waals surface area contributed by atoms with E-state index in [0.29, 0.717) is 25.5 Å². The van der Waals surface area contributed by atoms with E-state index >= 15 is 0 Å². The average molecular weight is 399 g/mol. The number of carboxylic acid groups (broad SMARTS) is 1. The molecule has 1 N–H and O–H groups in total. The summed E-state index contributed by atoms with van der Waals surface area (Å²) < 4.78 is 13.2. The number of pyridine rings is 1. The van der Waals surface area contributed by atoms with Crippen LogP contribution in [0.1, 0.15) is 41.9 Å². The molecule has 1 saturated heterocycles. The summed E-state index contributed by atoms with van der Waals surface area (Å²) in [6, 6.07) is 9.28. The summed E-state index contributed by atoms with van der Waals surface area (Å²) in [5.41, 5.74) is 1.72. The summed E-state index contributed by atoms with van der Waals surface area (Å²) in [5.74, 6) is -0.792. The first-order valence-corrected chi connectivity index (χ1v) is 9.76. The highest BCUT2D eigenvalue weighted by Crippen LogP contribution is 2.26. The Bertz CT molecular complexity index is 899. The minimum absolute atomic E-state index is 0.0000491. The fraction of sp³-hybridized carbons (Fsp3) is 0.409. The Balaban J connectivity index is 1.93. The first-order valence-electron chi connectivity index (χ1n) is 9.76. The van der Waals surface area contributed by atoms with Gasteiger partial charge in [-0.25, -0.2) is 14.2 Å². The van der Waals surface area contributed by atoms with Crippen LogP contribution >= 0.6 is 0 Å². The van der Waals surface area contributed by atoms with Gasteiger partial charge in [0, 0.05) is 31.7 Å². The molecule has 0 unspecified atom stereocenters. The van der Waals surface area contributed by atoms with E-state index in [9.17, 15) is 19.1 Å². The molecule has 1 amide bonds. The molecule has 1 fully saturated rings. The van der Waals surface area contributed by atoms with E-state index in [0.717, 1.165) is 11.3 Å². The van der Waals surface area contributed by atoms with Gasteiger partial charge in [-0.2, -0.15) is 0 Å². The topological polar surface area (TPSA) is 73.7 Å². The van der Waals surface area contributed by atoms with Crippen molar-refractivity contribution < 1.29 is 19.1 Å². The Kier molecular flexibility index (Phi) is 6.15. The van der Waals surface area contributed by atoms with Gasteiger partial charge in [0.05, 0.1) is 6.04 Å². The minimum atomic E-state index is -1.03. The van der Waals surface area contributed by atoms with Gasteiger partial charge in [-0.1, -0.05) is 26.0 Å². The van der Waals surface area contributed by atoms with Gasteiger partial charge in [-0.05, 0) is 42.7 Å². The van der Waals surface area contributed by atoms with Crippen LogP contribution < -0.4 is 4.90 Å². The summed E-state index contributed by atoms with van der Waals surface area (Å²) in [4.78, 5) is 32.9. The molecule has 2 aromatic rings. The molecule has 0 aliphatic carbocycles. The van der Waals surface area contributed by atoms with Crippen LogP contribution in [-0.2, 0) is 11.3 Å². The number of aryl methyl sites for hydroxylation is 1. The molecule has 6 nitrogen and oxygen atoms in total. The minimum Gasteiger partial charge on any atom is -0.478 e. The predicted octanol–water partition coefficient (Wildman–Crippen LogP) is 3.49. The van der Waals surface area contributed by atoms with Crippen molar-refractivity contribution in [2.24, 2.45) is 5.92 Å². The van der Waals surface area contributed by atoms with Crippen molar-refractivity contribution >= 4 is 17.7 Å². The number of aromatic carboxylic acids is 1. The van der Waals surface area contributed by atoms with Crippen molar-refractivity contribution in [2.75, 3.05) is 18.0 Å². The number of amides is 1. The molecule has 7 heteroatoms. The normalized spacial score (nSPS) is 17.6. The van der Waals surface area contributed by atoms with E-state index in [-0.39, 0.29) is 35.7 Å². The van der Waals surface area contributed by atoms with Gasteiger partial charge in [0.15, 0.2) is 0 Å². The van der Waals surface area contributed by atoms with Crippen LogP contribution in [-0.4, -0.2) is 46.0 Å². The lowest BCUT2D eigenvalue weighted by molar-refractivity contribution is -0.134. The number of carbonyl (C=O) groups is 2. The first-order chi connectivity index (χ1) is 13.8. The lowest BCUT2D eigenvalue weighted by Gasteiger charge is -2.35. The number of carboxylic acids is 1. The van der Waals surface area contributed by atoms with Crippen molar-refractivity contribution in [3.8, 4) is 0 Å². The molecular formula is C22H26FN3O3. The number of nitrogens with zero attached hydrogens (tertiary/aromatic N) is 3. The van der Waals surface area contributed by atoms with Crippen molar-refractivity contribution in [1.82, 2.24) is 9.88 Å². The molecule has 0 radical (unpaired) electrons. The molecule has 0 spiro atoms. The zero-order chi connectivity index (χ0) is 21.1. The average Bonchev–Trinajstić information content (AvgIpc) is 2.83. The molecule has 3 rings (SSSR count). The Morgan fingerprint density at radius 3 is 2.55 bits per heavy atom. The van der Waals surface area contributed by atoms with Crippen LogP contribution in [0.2, 0.25) is 0 Å². The van der Waals surface area contributed by atoms with Crippen LogP contribution in [0.15, 0.2) is 36.4 Å². The second kappa shape index (κ2) is 8.59. The maximum absolute atomic E-state index is 13.2. The van der Waals surface area contributed by atoms with Gasteiger partial charge in [0.1, 0.15) is 17.2 Å². The molecule has 154 valence electrons. The third-order valence-corrected chi connectivity index (χ3v) is 5.30. The molecule has 0 bridgehead atoms. The Hall–Kier alpha value is -2.96. The third kappa shape index (κ3) is 4.72. The van der Waals surface area contributed by atoms with Crippen LogP contribution in [0.25, 0.3) is 0 Å². The number of aromatic nitrogens is 1. The van der Waals surface area contributed by atoms with E-state index in [1.54, 1.807) is 24.3 Å². The highest BCUT2D eigenvalue weighted by Gasteiger charge is 2.33. The van der Waals surface area contributed by atoms with E-state index < -0.39 is 5.97 Å². The standard InChI is InChI=1S/C22H26FN3O3/c1-14(2)19-13-25(21-18(22(28)29)9-4-15(3)24-21)11-10-20(27)26(19)12-16-5-7-17(23)8-6-16/h4-9,14,19H,10-13H2,1-3H3,(H,28,29)/t19-/m0/s1. The zero-order valence-electron chi connectivity index (χ0n) is 16.9. The quantitative estimate of drug-likeness (QED) is 0.833. The first kappa shape index (κ1) is 20.8. The van der Waals surface area contributed by atoms with E-state index in [2.05, 4.69) is 4.98 Å². The number of anilines is 1.